The van der Waals surface area contributed by atoms with E-state index in [0.717, 1.165) is 40.9 Å². The van der Waals surface area contributed by atoms with Crippen molar-refractivity contribution >= 4 is 5.97 Å². The normalized spacial score (nSPS) is 37.2. The van der Waals surface area contributed by atoms with Crippen molar-refractivity contribution in [2.24, 2.45) is 23.7 Å². The van der Waals surface area contributed by atoms with Crippen molar-refractivity contribution in [3.8, 4) is 11.1 Å². The number of alkyl halides is 1. The Balaban J connectivity index is 1.21. The molecule has 1 unspecified atom stereocenters. The lowest BCUT2D eigenvalue weighted by atomic mass is 9.68. The number of cyclic esters (lactones) is 1. The number of nitrogens with zero attached hydrogens (tertiary/aromatic N) is 7. The fraction of sp³-hybridized carbons (Fsp3) is 0.759. The molecule has 4 N–H and O–H groups in total. The molecule has 18 atom stereocenters. The molecule has 0 saturated carbocycles. The van der Waals surface area contributed by atoms with Gasteiger partial charge in [0.1, 0.15) is 30.6 Å². The summed E-state index contributed by atoms with van der Waals surface area (Å²) in [4.78, 5) is 25.4. The van der Waals surface area contributed by atoms with Crippen molar-refractivity contribution in [2.45, 2.75) is 205 Å². The zero-order valence-corrected chi connectivity index (χ0v) is 48.3. The molecule has 3 saturated heterocycles. The standard InChI is InChI=1S/C58H94FN7O10/c1-16-49-58(10,71)52(67)39(6)65(14)32-35(2)27-56(8,70)54(37(4)51(38(5)55(69)75-49)48-28-57(9,72-15)53(68)40(7)74-48)76-50-26-46(23-36(3)73-50)64(13)22-21-45-34-66(62-61-45)47(29-59)25-41-17-19-43(20-18-41)44-24-42(30-60-31-44)33-63(11)12/h17-20,24,30-31,34-40,46-54,67-68,70-71H,16,21-23,25-29,32-33H2,1-15H3/t35-,36-,37+,38-,39-,40+,46+,47+,48?,49-,50+,51+,52-,53+,54-,56-,57-,58-/m1/s1. The number of hydrogen-bond donors (Lipinski definition) is 4. The van der Waals surface area contributed by atoms with Crippen LogP contribution in [0.5, 0.6) is 0 Å². The van der Waals surface area contributed by atoms with Crippen LogP contribution in [0.15, 0.2) is 48.9 Å². The van der Waals surface area contributed by atoms with Crippen LogP contribution in [0, 0.1) is 23.7 Å². The minimum absolute atomic E-state index is 0.0227. The Bertz CT molecular complexity index is 2290. The summed E-state index contributed by atoms with van der Waals surface area (Å²) in [6.45, 7) is 19.7. The number of halogens is 1. The highest BCUT2D eigenvalue weighted by molar-refractivity contribution is 5.73. The Morgan fingerprint density at radius 3 is 2.28 bits per heavy atom. The molecule has 0 radical (unpaired) electrons. The fourth-order valence-corrected chi connectivity index (χ4v) is 12.7. The van der Waals surface area contributed by atoms with Gasteiger partial charge in [0.15, 0.2) is 6.29 Å². The molecule has 0 aliphatic carbocycles. The van der Waals surface area contributed by atoms with Crippen LogP contribution in [0.2, 0.25) is 0 Å². The second-order valence-electron chi connectivity index (χ2n) is 24.1. The van der Waals surface area contributed by atoms with Crippen LogP contribution in [0.3, 0.4) is 0 Å². The number of benzene rings is 1. The summed E-state index contributed by atoms with van der Waals surface area (Å²) < 4.78 is 48.9. The topological polar surface area (TPSA) is 197 Å². The van der Waals surface area contributed by atoms with E-state index in [1.54, 1.807) is 32.6 Å². The number of aliphatic hydroxyl groups excluding tert-OH is 2. The van der Waals surface area contributed by atoms with E-state index in [-0.39, 0.29) is 37.3 Å². The zero-order valence-electron chi connectivity index (χ0n) is 48.3. The van der Waals surface area contributed by atoms with E-state index in [2.05, 4.69) is 50.3 Å². The van der Waals surface area contributed by atoms with Crippen molar-refractivity contribution < 1.29 is 53.3 Å². The first-order valence-corrected chi connectivity index (χ1v) is 27.8. The second kappa shape index (κ2) is 26.2. The summed E-state index contributed by atoms with van der Waals surface area (Å²) in [7, 11) is 9.56. The molecule has 3 aromatic rings. The molecule has 0 bridgehead atoms. The van der Waals surface area contributed by atoms with E-state index in [1.807, 2.05) is 98.3 Å². The third-order valence-corrected chi connectivity index (χ3v) is 17.3. The predicted octanol–water partition coefficient (Wildman–Crippen LogP) is 6.28. The van der Waals surface area contributed by atoms with Crippen LogP contribution >= 0.6 is 0 Å². The van der Waals surface area contributed by atoms with Gasteiger partial charge < -0.3 is 58.8 Å². The number of carbonyl (C=O) groups excluding carboxylic acids is 1. The average molecular weight is 1070 g/mol. The van der Waals surface area contributed by atoms with Gasteiger partial charge in [-0.05, 0) is 130 Å². The Kier molecular flexibility index (Phi) is 21.2. The van der Waals surface area contributed by atoms with Gasteiger partial charge in [-0.1, -0.05) is 57.2 Å². The van der Waals surface area contributed by atoms with Gasteiger partial charge in [-0.3, -0.25) is 9.78 Å². The summed E-state index contributed by atoms with van der Waals surface area (Å²) in [5, 5.41) is 56.8. The maximum absolute atomic E-state index is 14.7. The van der Waals surface area contributed by atoms with Crippen molar-refractivity contribution in [3.05, 3.63) is 65.7 Å². The van der Waals surface area contributed by atoms with Gasteiger partial charge in [0.2, 0.25) is 0 Å². The molecule has 76 heavy (non-hydrogen) atoms. The third-order valence-electron chi connectivity index (χ3n) is 17.3. The number of methoxy groups -OCH3 is 1. The minimum Gasteiger partial charge on any atom is -0.459 e. The van der Waals surface area contributed by atoms with Gasteiger partial charge in [-0.15, -0.1) is 5.10 Å². The van der Waals surface area contributed by atoms with Gasteiger partial charge in [-0.2, -0.15) is 0 Å². The SMILES string of the molecule is CC[C@H]1OC(=O)[C@H](C)[C@@H](C2C[C@@](C)(OC)[C@@H](O)[C@H](C)O2)[C@H](C)[C@@H](O[C@H]2C[C@@H](N(C)CCc3cn([C@H](CF)Cc4ccc(-c5cncc(CN(C)C)c5)cc4)nn3)C[C@@H](C)O2)[C@](C)(O)C[C@@H](C)CN(C)[C@H](C)[C@@H](O)[C@]1(C)O. The number of likely N-dealkylation sites (N-methyl/N-ethyl adjacent to an activating group) is 2. The number of rotatable bonds is 16. The fourth-order valence-electron chi connectivity index (χ4n) is 12.7. The lowest BCUT2D eigenvalue weighted by molar-refractivity contribution is -0.275. The van der Waals surface area contributed by atoms with E-state index in [0.29, 0.717) is 32.4 Å². The lowest BCUT2D eigenvalue weighted by Gasteiger charge is -2.51. The Morgan fingerprint density at radius 2 is 1.63 bits per heavy atom. The molecule has 3 aliphatic rings. The quantitative estimate of drug-likeness (QED) is 0.117. The first kappa shape index (κ1) is 61.7. The molecule has 3 fully saturated rings. The molecule has 1 aromatic carbocycles. The number of ether oxygens (including phenoxy) is 5. The van der Waals surface area contributed by atoms with Crippen LogP contribution in [0.1, 0.15) is 124 Å². The number of esters is 1. The third kappa shape index (κ3) is 14.8. The number of aromatic nitrogens is 4. The summed E-state index contributed by atoms with van der Waals surface area (Å²) in [5.74, 6) is -2.82. The largest absolute Gasteiger partial charge is 0.459 e. The lowest BCUT2D eigenvalue weighted by Crippen LogP contribution is -2.61. The van der Waals surface area contributed by atoms with Crippen LogP contribution in [0.4, 0.5) is 4.39 Å². The van der Waals surface area contributed by atoms with Crippen molar-refractivity contribution in [2.75, 3.05) is 55.1 Å². The Labute approximate surface area is 452 Å². The number of carbonyl (C=O) groups is 1. The van der Waals surface area contributed by atoms with Crippen molar-refractivity contribution in [1.82, 2.24) is 34.7 Å². The van der Waals surface area contributed by atoms with E-state index < -0.39 is 102 Å². The number of pyridine rings is 1. The second-order valence-corrected chi connectivity index (χ2v) is 24.1. The summed E-state index contributed by atoms with van der Waals surface area (Å²) >= 11 is 0. The van der Waals surface area contributed by atoms with E-state index >= 15 is 0 Å². The first-order chi connectivity index (χ1) is 35.7. The van der Waals surface area contributed by atoms with Crippen LogP contribution in [0.25, 0.3) is 11.1 Å². The maximum Gasteiger partial charge on any atom is 0.309 e. The van der Waals surface area contributed by atoms with Crippen LogP contribution in [-0.2, 0) is 47.9 Å². The number of aliphatic hydroxyl groups is 4. The smallest absolute Gasteiger partial charge is 0.309 e. The molecular weight excluding hydrogens is 974 g/mol. The van der Waals surface area contributed by atoms with E-state index in [9.17, 15) is 29.6 Å². The van der Waals surface area contributed by atoms with Crippen LogP contribution in [-0.4, -0.2) is 194 Å². The summed E-state index contributed by atoms with van der Waals surface area (Å²) in [6.07, 6.45) is 2.17. The molecule has 2 aromatic heterocycles. The molecule has 428 valence electrons. The van der Waals surface area contributed by atoms with Crippen LogP contribution < -0.4 is 0 Å². The molecule has 17 nitrogen and oxygen atoms in total. The molecule has 0 spiro atoms. The molecule has 3 aliphatic heterocycles. The molecule has 6 rings (SSSR count). The highest BCUT2D eigenvalue weighted by atomic mass is 19.1. The van der Waals surface area contributed by atoms with Gasteiger partial charge in [0, 0.05) is 88.2 Å². The van der Waals surface area contributed by atoms with Gasteiger partial charge in [0.05, 0.1) is 53.3 Å². The Morgan fingerprint density at radius 1 is 0.934 bits per heavy atom. The number of hydrogen-bond acceptors (Lipinski definition) is 16. The maximum atomic E-state index is 14.7. The molecule has 18 heteroatoms. The molecular formula is C58H94FN7O10. The highest BCUT2D eigenvalue weighted by Crippen LogP contribution is 2.45. The summed E-state index contributed by atoms with van der Waals surface area (Å²) in [5.41, 5.74) is 0.663. The van der Waals surface area contributed by atoms with Crippen molar-refractivity contribution in [3.63, 3.8) is 0 Å². The predicted molar refractivity (Wildman–Crippen MR) is 290 cm³/mol. The summed E-state index contributed by atoms with van der Waals surface area (Å²) in [6, 6.07) is 9.30. The van der Waals surface area contributed by atoms with Gasteiger partial charge in [-0.25, -0.2) is 9.07 Å². The molecule has 0 amide bonds. The van der Waals surface area contributed by atoms with Crippen molar-refractivity contribution in [1.29, 1.82) is 0 Å². The van der Waals surface area contributed by atoms with E-state index in [1.165, 1.54) is 6.92 Å². The van der Waals surface area contributed by atoms with Gasteiger partial charge >= 0.3 is 5.97 Å². The van der Waals surface area contributed by atoms with Gasteiger partial charge in [0.25, 0.3) is 0 Å². The minimum atomic E-state index is -1.79. The first-order valence-electron chi connectivity index (χ1n) is 27.8. The highest BCUT2D eigenvalue weighted by Gasteiger charge is 2.54. The monoisotopic (exact) mass is 1070 g/mol. The van der Waals surface area contributed by atoms with E-state index in [4.69, 9.17) is 23.7 Å². The Hall–Kier alpha value is -3.53. The zero-order chi connectivity index (χ0) is 56.0. The molecule has 5 heterocycles. The average Bonchev–Trinajstić information content (AvgIpc) is 3.84.